The molecule has 1 aliphatic heterocycles. The Hall–Kier alpha value is -2.35. The molecule has 0 radical (unpaired) electrons. The summed E-state index contributed by atoms with van der Waals surface area (Å²) in [4.78, 5) is 13.1. The highest BCUT2D eigenvalue weighted by atomic mass is 32.2. The predicted molar refractivity (Wildman–Crippen MR) is 93.0 cm³/mol. The van der Waals surface area contributed by atoms with Gasteiger partial charge in [0.25, 0.3) is 0 Å². The number of carbonyl (C=O) groups excluding carboxylic acids is 1. The fraction of sp³-hybridized carbons (Fsp3) is 0.375. The molecule has 2 heterocycles. The maximum absolute atomic E-state index is 12.2. The van der Waals surface area contributed by atoms with Gasteiger partial charge in [-0.15, -0.1) is 11.8 Å². The van der Waals surface area contributed by atoms with Gasteiger partial charge in [-0.3, -0.25) is 4.68 Å². The van der Waals surface area contributed by atoms with E-state index in [1.807, 2.05) is 32.4 Å². The fourth-order valence-corrected chi connectivity index (χ4v) is 3.06. The van der Waals surface area contributed by atoms with Crippen LogP contribution in [-0.2, 0) is 13.6 Å². The maximum Gasteiger partial charge on any atom is 0.319 e. The summed E-state index contributed by atoms with van der Waals surface area (Å²) in [5.41, 5.74) is 2.56. The van der Waals surface area contributed by atoms with E-state index in [9.17, 15) is 4.79 Å². The van der Waals surface area contributed by atoms with Crippen molar-refractivity contribution < 1.29 is 14.3 Å². The van der Waals surface area contributed by atoms with E-state index in [0.29, 0.717) is 36.9 Å². The Kier molecular flexibility index (Phi) is 4.84. The van der Waals surface area contributed by atoms with Gasteiger partial charge in [0, 0.05) is 18.0 Å². The number of thioether (sulfide) groups is 1. The number of rotatable bonds is 4. The number of amides is 2. The summed E-state index contributed by atoms with van der Waals surface area (Å²) in [6.07, 6.45) is 1.95. The van der Waals surface area contributed by atoms with Gasteiger partial charge in [0.2, 0.25) is 0 Å². The molecule has 0 spiro atoms. The minimum Gasteiger partial charge on any atom is -0.486 e. The Morgan fingerprint density at radius 3 is 2.62 bits per heavy atom. The quantitative estimate of drug-likeness (QED) is 0.831. The van der Waals surface area contributed by atoms with E-state index in [0.717, 1.165) is 16.3 Å². The minimum atomic E-state index is -0.277. The molecule has 128 valence electrons. The molecular weight excluding hydrogens is 328 g/mol. The van der Waals surface area contributed by atoms with Crippen molar-refractivity contribution in [3.8, 4) is 11.5 Å². The number of aryl methyl sites for hydroxylation is 2. The Balaban J connectivity index is 1.68. The van der Waals surface area contributed by atoms with E-state index < -0.39 is 0 Å². The molecule has 3 rings (SSSR count). The zero-order valence-corrected chi connectivity index (χ0v) is 14.7. The molecule has 0 saturated heterocycles. The predicted octanol–water partition coefficient (Wildman–Crippen LogP) is 2.54. The zero-order chi connectivity index (χ0) is 17.1. The molecule has 24 heavy (non-hydrogen) atoms. The molecule has 0 unspecified atom stereocenters. The first-order chi connectivity index (χ1) is 11.6. The molecule has 1 aliphatic rings. The van der Waals surface area contributed by atoms with Crippen molar-refractivity contribution in [1.82, 2.24) is 15.1 Å². The summed E-state index contributed by atoms with van der Waals surface area (Å²) in [6.45, 7) is 3.38. The number of carbonyl (C=O) groups is 1. The van der Waals surface area contributed by atoms with Gasteiger partial charge in [-0.25, -0.2) is 4.79 Å². The molecule has 1 aromatic carbocycles. The SMILES string of the molecule is CSc1cc2c(cc1NC(=O)NCc1cc(C)nn1C)OCCO2. The smallest absolute Gasteiger partial charge is 0.319 e. The van der Waals surface area contributed by atoms with Crippen LogP contribution in [0.5, 0.6) is 11.5 Å². The second-order valence-corrected chi connectivity index (χ2v) is 6.25. The van der Waals surface area contributed by atoms with Gasteiger partial charge >= 0.3 is 6.03 Å². The van der Waals surface area contributed by atoms with E-state index in [-0.39, 0.29) is 6.03 Å². The van der Waals surface area contributed by atoms with E-state index >= 15 is 0 Å². The summed E-state index contributed by atoms with van der Waals surface area (Å²) in [7, 11) is 1.86. The summed E-state index contributed by atoms with van der Waals surface area (Å²) >= 11 is 1.54. The number of hydrogen-bond donors (Lipinski definition) is 2. The third-order valence-electron chi connectivity index (χ3n) is 3.64. The van der Waals surface area contributed by atoms with Crippen LogP contribution in [0.15, 0.2) is 23.1 Å². The number of fused-ring (bicyclic) bond motifs is 1. The lowest BCUT2D eigenvalue weighted by molar-refractivity contribution is 0.171. The lowest BCUT2D eigenvalue weighted by atomic mass is 10.2. The van der Waals surface area contributed by atoms with Gasteiger partial charge in [-0.1, -0.05) is 0 Å². The normalized spacial score (nSPS) is 12.8. The number of benzene rings is 1. The first-order valence-electron chi connectivity index (χ1n) is 7.59. The van der Waals surface area contributed by atoms with Crippen LogP contribution in [-0.4, -0.2) is 35.3 Å². The van der Waals surface area contributed by atoms with E-state index in [1.165, 1.54) is 11.8 Å². The Morgan fingerprint density at radius 2 is 2.00 bits per heavy atom. The molecule has 0 bridgehead atoms. The lowest BCUT2D eigenvalue weighted by Crippen LogP contribution is -2.29. The highest BCUT2D eigenvalue weighted by molar-refractivity contribution is 7.98. The molecule has 8 heteroatoms. The van der Waals surface area contributed by atoms with E-state index in [4.69, 9.17) is 9.47 Å². The van der Waals surface area contributed by atoms with Crippen molar-refractivity contribution in [2.24, 2.45) is 7.05 Å². The van der Waals surface area contributed by atoms with Crippen molar-refractivity contribution >= 4 is 23.5 Å². The average Bonchev–Trinajstić information content (AvgIpc) is 2.90. The standard InChI is InChI=1S/C16H20N4O3S/c1-10-6-11(20(2)19-10)9-17-16(21)18-12-7-13-14(8-15(12)24-3)23-5-4-22-13/h6-8H,4-5,9H2,1-3H3,(H2,17,18,21). The molecule has 1 aromatic heterocycles. The first-order valence-corrected chi connectivity index (χ1v) is 8.81. The molecule has 2 aromatic rings. The Morgan fingerprint density at radius 1 is 1.29 bits per heavy atom. The van der Waals surface area contributed by atoms with Crippen molar-refractivity contribution in [3.63, 3.8) is 0 Å². The maximum atomic E-state index is 12.2. The van der Waals surface area contributed by atoms with Crippen LogP contribution in [0.3, 0.4) is 0 Å². The van der Waals surface area contributed by atoms with E-state index in [1.54, 1.807) is 10.7 Å². The lowest BCUT2D eigenvalue weighted by Gasteiger charge is -2.21. The number of nitrogens with zero attached hydrogens (tertiary/aromatic N) is 2. The molecular formula is C16H20N4O3S. The average molecular weight is 348 g/mol. The van der Waals surface area contributed by atoms with Crippen LogP contribution in [0, 0.1) is 6.92 Å². The Bertz CT molecular complexity index is 760. The second kappa shape index (κ2) is 7.04. The van der Waals surface area contributed by atoms with Crippen LogP contribution >= 0.6 is 11.8 Å². The highest BCUT2D eigenvalue weighted by Gasteiger charge is 2.17. The molecule has 0 aliphatic carbocycles. The van der Waals surface area contributed by atoms with Gasteiger partial charge in [-0.2, -0.15) is 5.10 Å². The van der Waals surface area contributed by atoms with Gasteiger partial charge < -0.3 is 20.1 Å². The fourth-order valence-electron chi connectivity index (χ4n) is 2.50. The van der Waals surface area contributed by atoms with Gasteiger partial charge in [0.1, 0.15) is 13.2 Å². The number of urea groups is 1. The van der Waals surface area contributed by atoms with Crippen LogP contribution in [0.4, 0.5) is 10.5 Å². The summed E-state index contributed by atoms with van der Waals surface area (Å²) in [5, 5.41) is 9.97. The number of nitrogens with one attached hydrogen (secondary N) is 2. The molecule has 2 amide bonds. The zero-order valence-electron chi connectivity index (χ0n) is 13.9. The van der Waals surface area contributed by atoms with E-state index in [2.05, 4.69) is 15.7 Å². The summed E-state index contributed by atoms with van der Waals surface area (Å²) < 4.78 is 12.9. The molecule has 0 atom stereocenters. The summed E-state index contributed by atoms with van der Waals surface area (Å²) in [6, 6.07) is 5.35. The highest BCUT2D eigenvalue weighted by Crippen LogP contribution is 2.39. The van der Waals surface area contributed by atoms with Gasteiger partial charge in [-0.05, 0) is 25.3 Å². The third-order valence-corrected chi connectivity index (χ3v) is 4.42. The van der Waals surface area contributed by atoms with Crippen molar-refractivity contribution in [2.45, 2.75) is 18.4 Å². The van der Waals surface area contributed by atoms with Gasteiger partial charge in [0.15, 0.2) is 11.5 Å². The number of anilines is 1. The van der Waals surface area contributed by atoms with Crippen molar-refractivity contribution in [1.29, 1.82) is 0 Å². The number of hydrogen-bond acceptors (Lipinski definition) is 5. The topological polar surface area (TPSA) is 77.4 Å². The monoisotopic (exact) mass is 348 g/mol. The molecule has 0 saturated carbocycles. The summed E-state index contributed by atoms with van der Waals surface area (Å²) in [5.74, 6) is 1.36. The van der Waals surface area contributed by atoms with Crippen molar-refractivity contribution in [2.75, 3.05) is 24.8 Å². The van der Waals surface area contributed by atoms with Crippen LogP contribution in [0.1, 0.15) is 11.4 Å². The minimum absolute atomic E-state index is 0.277. The number of aromatic nitrogens is 2. The molecule has 0 fully saturated rings. The first kappa shape index (κ1) is 16.5. The largest absolute Gasteiger partial charge is 0.486 e. The van der Waals surface area contributed by atoms with Crippen LogP contribution < -0.4 is 20.1 Å². The van der Waals surface area contributed by atoms with Gasteiger partial charge in [0.05, 0.1) is 23.6 Å². The molecule has 2 N–H and O–H groups in total. The second-order valence-electron chi connectivity index (χ2n) is 5.40. The molecule has 7 nitrogen and oxygen atoms in total. The van der Waals surface area contributed by atoms with Crippen LogP contribution in [0.25, 0.3) is 0 Å². The van der Waals surface area contributed by atoms with Crippen LogP contribution in [0.2, 0.25) is 0 Å². The third kappa shape index (κ3) is 3.59. The number of ether oxygens (including phenoxy) is 2. The Labute approximate surface area is 144 Å². The van der Waals surface area contributed by atoms with Crippen molar-refractivity contribution in [3.05, 3.63) is 29.6 Å².